The van der Waals surface area contributed by atoms with Gasteiger partial charge in [0.2, 0.25) is 5.91 Å². The second-order valence-electron chi connectivity index (χ2n) is 8.56. The molecule has 3 aromatic carbocycles. The van der Waals surface area contributed by atoms with Crippen molar-refractivity contribution in [3.05, 3.63) is 99.9 Å². The van der Waals surface area contributed by atoms with E-state index >= 15 is 0 Å². The van der Waals surface area contributed by atoms with Crippen molar-refractivity contribution in [1.82, 2.24) is 5.32 Å². The fourth-order valence-corrected chi connectivity index (χ4v) is 5.06. The maximum Gasteiger partial charge on any atom is 0.265 e. The first-order valence-corrected chi connectivity index (χ1v) is 12.9. The average Bonchev–Trinajstić information content (AvgIpc) is 2.87. The Morgan fingerprint density at radius 1 is 1.00 bits per heavy atom. The summed E-state index contributed by atoms with van der Waals surface area (Å²) < 4.78 is 0. The largest absolute Gasteiger partial charge is 0.349 e. The molecule has 0 radical (unpaired) electrons. The predicted molar refractivity (Wildman–Crippen MR) is 144 cm³/mol. The van der Waals surface area contributed by atoms with Crippen LogP contribution in [0.15, 0.2) is 88.7 Å². The minimum Gasteiger partial charge on any atom is -0.349 e. The first-order valence-electron chi connectivity index (χ1n) is 11.7. The van der Waals surface area contributed by atoms with Gasteiger partial charge in [0, 0.05) is 16.3 Å². The van der Waals surface area contributed by atoms with Gasteiger partial charge in [-0.2, -0.15) is 0 Å². The zero-order chi connectivity index (χ0) is 24.6. The van der Waals surface area contributed by atoms with Crippen LogP contribution in [-0.4, -0.2) is 45.0 Å². The van der Waals surface area contributed by atoms with Crippen LogP contribution in [0.1, 0.15) is 11.1 Å². The Labute approximate surface area is 215 Å². The van der Waals surface area contributed by atoms with Gasteiger partial charge < -0.3 is 10.2 Å². The fourth-order valence-electron chi connectivity index (χ4n) is 3.87. The minimum atomic E-state index is -0.176. The molecule has 1 atom stereocenters. The van der Waals surface area contributed by atoms with Crippen molar-refractivity contribution >= 4 is 46.9 Å². The molecule has 0 saturated heterocycles. The Bertz CT molecular complexity index is 1200. The van der Waals surface area contributed by atoms with Gasteiger partial charge in [-0.05, 0) is 41.5 Å². The lowest BCUT2D eigenvalue weighted by atomic mass is 10.1. The van der Waals surface area contributed by atoms with Crippen LogP contribution in [0.3, 0.4) is 0 Å². The summed E-state index contributed by atoms with van der Waals surface area (Å²) in [6.45, 7) is 2.36. The van der Waals surface area contributed by atoms with Crippen molar-refractivity contribution in [3.8, 4) is 0 Å². The van der Waals surface area contributed by atoms with Gasteiger partial charge in [0.1, 0.15) is 6.54 Å². The number of nitrogens with zero attached hydrogens (tertiary/aromatic N) is 1. The van der Waals surface area contributed by atoms with Gasteiger partial charge in [-0.15, -0.1) is 0 Å². The van der Waals surface area contributed by atoms with E-state index in [1.807, 2.05) is 48.5 Å². The van der Waals surface area contributed by atoms with Gasteiger partial charge in [0.05, 0.1) is 37.3 Å². The second-order valence-corrected chi connectivity index (χ2v) is 10.1. The molecule has 0 bridgehead atoms. The van der Waals surface area contributed by atoms with Crippen LogP contribution in [0.4, 0.5) is 5.69 Å². The number of amides is 2. The molecule has 4 rings (SSSR count). The molecule has 0 saturated carbocycles. The highest BCUT2D eigenvalue weighted by Gasteiger charge is 2.30. The lowest BCUT2D eigenvalue weighted by Gasteiger charge is -2.29. The van der Waals surface area contributed by atoms with Gasteiger partial charge >= 0.3 is 0 Å². The summed E-state index contributed by atoms with van der Waals surface area (Å²) in [5.74, 6) is -0.342. The SMILES string of the molecule is C[NH+](CCNC(=O)CN1C(=O)C(=Cc2ccc(Cl)cc2)Sc2ccccc21)CCc1ccccc1. The zero-order valence-corrected chi connectivity index (χ0v) is 21.2. The molecule has 0 aliphatic carbocycles. The van der Waals surface area contributed by atoms with Crippen LogP contribution in [0.25, 0.3) is 6.08 Å². The van der Waals surface area contributed by atoms with Gasteiger partial charge in [0.25, 0.3) is 5.91 Å². The Morgan fingerprint density at radius 2 is 1.71 bits per heavy atom. The molecule has 2 N–H and O–H groups in total. The summed E-state index contributed by atoms with van der Waals surface area (Å²) in [5.41, 5.74) is 2.96. The minimum absolute atomic E-state index is 0.0164. The number of hydrogen-bond acceptors (Lipinski definition) is 3. The fraction of sp³-hybridized carbons (Fsp3) is 0.214. The first-order chi connectivity index (χ1) is 17.0. The summed E-state index contributed by atoms with van der Waals surface area (Å²) >= 11 is 7.41. The Hall–Kier alpha value is -3.06. The monoisotopic (exact) mass is 506 g/mol. The number of carbonyl (C=O) groups excluding carboxylic acids is 2. The van der Waals surface area contributed by atoms with E-state index in [0.717, 1.165) is 35.7 Å². The number of nitrogens with one attached hydrogen (secondary N) is 2. The van der Waals surface area contributed by atoms with Crippen molar-refractivity contribution in [2.75, 3.05) is 38.1 Å². The summed E-state index contributed by atoms with van der Waals surface area (Å²) in [7, 11) is 2.13. The molecule has 1 unspecified atom stereocenters. The van der Waals surface area contributed by atoms with Crippen LogP contribution >= 0.6 is 23.4 Å². The van der Waals surface area contributed by atoms with Gasteiger partial charge in [-0.25, -0.2) is 0 Å². The Balaban J connectivity index is 1.35. The molecule has 1 heterocycles. The number of benzene rings is 3. The maximum absolute atomic E-state index is 13.3. The van der Waals surface area contributed by atoms with Crippen molar-refractivity contribution in [1.29, 1.82) is 0 Å². The normalized spacial score (nSPS) is 15.1. The summed E-state index contributed by atoms with van der Waals surface area (Å²) in [6, 6.07) is 25.4. The molecule has 2 amide bonds. The highest BCUT2D eigenvalue weighted by atomic mass is 35.5. The second kappa shape index (κ2) is 12.1. The number of halogens is 1. The lowest BCUT2D eigenvalue weighted by Crippen LogP contribution is -3.10. The number of para-hydroxylation sites is 1. The molecular formula is C28H29ClN3O2S+. The van der Waals surface area contributed by atoms with Crippen molar-refractivity contribution in [2.45, 2.75) is 11.3 Å². The van der Waals surface area contributed by atoms with Crippen LogP contribution in [-0.2, 0) is 16.0 Å². The van der Waals surface area contributed by atoms with Gasteiger partial charge in [-0.3, -0.25) is 14.5 Å². The highest BCUT2D eigenvalue weighted by Crippen LogP contribution is 2.41. The van der Waals surface area contributed by atoms with Crippen LogP contribution in [0.2, 0.25) is 5.02 Å². The molecule has 3 aromatic rings. The van der Waals surface area contributed by atoms with Crippen molar-refractivity contribution in [2.24, 2.45) is 0 Å². The topological polar surface area (TPSA) is 53.9 Å². The summed E-state index contributed by atoms with van der Waals surface area (Å²) in [6.07, 6.45) is 2.84. The number of hydrogen-bond donors (Lipinski definition) is 2. The number of thioether (sulfide) groups is 1. The number of carbonyl (C=O) groups is 2. The number of fused-ring (bicyclic) bond motifs is 1. The van der Waals surface area contributed by atoms with Gasteiger partial charge in [0.15, 0.2) is 0 Å². The van der Waals surface area contributed by atoms with Gasteiger partial charge in [-0.1, -0.05) is 78.0 Å². The van der Waals surface area contributed by atoms with Crippen molar-refractivity contribution in [3.63, 3.8) is 0 Å². The van der Waals surface area contributed by atoms with Crippen LogP contribution < -0.4 is 15.1 Å². The molecule has 0 spiro atoms. The first kappa shape index (κ1) is 25.0. The number of likely N-dealkylation sites (N-methyl/N-ethyl adjacent to an activating group) is 1. The van der Waals surface area contributed by atoms with E-state index in [2.05, 4.69) is 36.6 Å². The standard InChI is InChI=1S/C28H28ClN3O2S/c1-31(17-15-21-7-3-2-4-8-21)18-16-30-27(33)20-32-24-9-5-6-10-25(24)35-26(28(32)34)19-22-11-13-23(29)14-12-22/h2-14,19H,15-18,20H2,1H3,(H,30,33)/p+1. The van der Waals surface area contributed by atoms with E-state index in [-0.39, 0.29) is 18.4 Å². The van der Waals surface area contributed by atoms with E-state index in [1.54, 1.807) is 17.0 Å². The summed E-state index contributed by atoms with van der Waals surface area (Å²) in [4.78, 5) is 30.5. The van der Waals surface area contributed by atoms with E-state index in [9.17, 15) is 9.59 Å². The molecule has 5 nitrogen and oxygen atoms in total. The lowest BCUT2D eigenvalue weighted by molar-refractivity contribution is -0.878. The average molecular weight is 507 g/mol. The molecule has 180 valence electrons. The summed E-state index contributed by atoms with van der Waals surface area (Å²) in [5, 5.41) is 3.63. The van der Waals surface area contributed by atoms with E-state index in [4.69, 9.17) is 11.6 Å². The Morgan fingerprint density at radius 3 is 2.49 bits per heavy atom. The molecule has 7 heteroatoms. The van der Waals surface area contributed by atoms with E-state index in [0.29, 0.717) is 16.5 Å². The van der Waals surface area contributed by atoms with Crippen molar-refractivity contribution < 1.29 is 14.5 Å². The molecule has 35 heavy (non-hydrogen) atoms. The highest BCUT2D eigenvalue weighted by molar-refractivity contribution is 8.04. The molecule has 1 aliphatic heterocycles. The van der Waals surface area contributed by atoms with E-state index < -0.39 is 0 Å². The third kappa shape index (κ3) is 6.98. The zero-order valence-electron chi connectivity index (χ0n) is 19.7. The third-order valence-corrected chi connectivity index (χ3v) is 7.19. The predicted octanol–water partition coefficient (Wildman–Crippen LogP) is 3.69. The Kier molecular flexibility index (Phi) is 8.64. The molecule has 1 aliphatic rings. The van der Waals surface area contributed by atoms with Crippen LogP contribution in [0.5, 0.6) is 0 Å². The molecule has 0 aromatic heterocycles. The maximum atomic E-state index is 13.3. The number of rotatable bonds is 9. The molecular weight excluding hydrogens is 478 g/mol. The quantitative estimate of drug-likeness (QED) is 0.435. The van der Waals surface area contributed by atoms with Crippen LogP contribution in [0, 0.1) is 0 Å². The molecule has 0 fully saturated rings. The third-order valence-electron chi connectivity index (χ3n) is 5.86. The van der Waals surface area contributed by atoms with E-state index in [1.165, 1.54) is 22.2 Å². The number of quaternary nitrogens is 1. The smallest absolute Gasteiger partial charge is 0.265 e. The number of anilines is 1.